The molecule has 0 aliphatic rings. The highest BCUT2D eigenvalue weighted by molar-refractivity contribution is 5.82. The molecule has 0 spiro atoms. The molecule has 19 heavy (non-hydrogen) atoms. The monoisotopic (exact) mass is 257 g/mol. The van der Waals surface area contributed by atoms with Crippen LogP contribution in [0.2, 0.25) is 0 Å². The van der Waals surface area contributed by atoms with Crippen LogP contribution in [-0.4, -0.2) is 15.7 Å². The van der Waals surface area contributed by atoms with E-state index >= 15 is 0 Å². The summed E-state index contributed by atoms with van der Waals surface area (Å²) in [5.74, 6) is -0.391. The lowest BCUT2D eigenvalue weighted by Gasteiger charge is -2.23. The van der Waals surface area contributed by atoms with Crippen LogP contribution in [0.4, 0.5) is 0 Å². The van der Waals surface area contributed by atoms with Crippen LogP contribution in [0.5, 0.6) is 0 Å². The van der Waals surface area contributed by atoms with E-state index in [9.17, 15) is 4.79 Å². The Morgan fingerprint density at radius 2 is 1.79 bits per heavy atom. The number of nitrogens with two attached hydrogens (primary N) is 1. The molecule has 2 rings (SSSR count). The van der Waals surface area contributed by atoms with Gasteiger partial charge in [0.25, 0.3) is 0 Å². The van der Waals surface area contributed by atoms with Crippen LogP contribution in [-0.2, 0) is 10.3 Å². The normalized spacial score (nSPS) is 11.6. The number of amides is 1. The van der Waals surface area contributed by atoms with Crippen molar-refractivity contribution in [3.8, 4) is 11.3 Å². The lowest BCUT2D eigenvalue weighted by molar-refractivity contribution is -0.125. The third-order valence-electron chi connectivity index (χ3n) is 3.60. The molecule has 0 fully saturated rings. The van der Waals surface area contributed by atoms with Crippen LogP contribution in [0.15, 0.2) is 30.3 Å². The molecule has 4 nitrogen and oxygen atoms in total. The average molecular weight is 257 g/mol. The molecule has 2 N–H and O–H groups in total. The molecule has 1 aromatic carbocycles. The molecule has 1 aromatic heterocycles. The highest BCUT2D eigenvalue weighted by Crippen LogP contribution is 2.27. The van der Waals surface area contributed by atoms with Crippen molar-refractivity contribution in [3.05, 3.63) is 41.6 Å². The highest BCUT2D eigenvalue weighted by atomic mass is 16.1. The van der Waals surface area contributed by atoms with Gasteiger partial charge < -0.3 is 5.73 Å². The lowest BCUT2D eigenvalue weighted by Crippen LogP contribution is -2.42. The first-order chi connectivity index (χ1) is 8.85. The molecule has 0 bridgehead atoms. The fourth-order valence-electron chi connectivity index (χ4n) is 2.10. The third kappa shape index (κ3) is 2.14. The van der Waals surface area contributed by atoms with Crippen LogP contribution in [0, 0.1) is 13.8 Å². The molecule has 0 atom stereocenters. The number of hydrogen-bond acceptors (Lipinski definition) is 2. The summed E-state index contributed by atoms with van der Waals surface area (Å²) in [4.78, 5) is 11.6. The molecule has 0 aliphatic heterocycles. The van der Waals surface area contributed by atoms with E-state index in [0.29, 0.717) is 0 Å². The van der Waals surface area contributed by atoms with Crippen molar-refractivity contribution in [3.63, 3.8) is 0 Å². The number of aromatic nitrogens is 2. The van der Waals surface area contributed by atoms with Gasteiger partial charge in [-0.2, -0.15) is 5.10 Å². The highest BCUT2D eigenvalue weighted by Gasteiger charge is 2.31. The van der Waals surface area contributed by atoms with Crippen molar-refractivity contribution in [2.45, 2.75) is 33.2 Å². The Kier molecular flexibility index (Phi) is 3.18. The molecule has 1 amide bonds. The zero-order valence-corrected chi connectivity index (χ0v) is 11.8. The maximum Gasteiger partial charge on any atom is 0.244 e. The Balaban J connectivity index is 2.60. The van der Waals surface area contributed by atoms with Gasteiger partial charge in [-0.1, -0.05) is 30.3 Å². The van der Waals surface area contributed by atoms with Gasteiger partial charge >= 0.3 is 0 Å². The minimum absolute atomic E-state index is 0.391. The SMILES string of the molecule is Cc1c(-c2ccccc2)nn(C(C)(C)C(N)=O)c1C. The van der Waals surface area contributed by atoms with Gasteiger partial charge in [-0.05, 0) is 33.3 Å². The number of benzene rings is 1. The van der Waals surface area contributed by atoms with Crippen molar-refractivity contribution >= 4 is 5.91 Å². The van der Waals surface area contributed by atoms with Crippen molar-refractivity contribution in [1.82, 2.24) is 9.78 Å². The molecule has 0 saturated heterocycles. The van der Waals surface area contributed by atoms with Gasteiger partial charge in [-0.15, -0.1) is 0 Å². The van der Waals surface area contributed by atoms with Crippen molar-refractivity contribution < 1.29 is 4.79 Å². The molecule has 100 valence electrons. The fourth-order valence-corrected chi connectivity index (χ4v) is 2.10. The summed E-state index contributed by atoms with van der Waals surface area (Å²) in [6, 6.07) is 9.94. The molecule has 0 radical (unpaired) electrons. The Bertz CT molecular complexity index is 612. The van der Waals surface area contributed by atoms with Gasteiger partial charge in [0, 0.05) is 11.3 Å². The second-order valence-corrected chi connectivity index (χ2v) is 5.26. The molecular formula is C15H19N3O. The topological polar surface area (TPSA) is 60.9 Å². The molecule has 1 heterocycles. The molecule has 2 aromatic rings. The van der Waals surface area contributed by atoms with E-state index in [0.717, 1.165) is 22.5 Å². The summed E-state index contributed by atoms with van der Waals surface area (Å²) in [5, 5.41) is 4.59. The molecule has 0 saturated carbocycles. The quantitative estimate of drug-likeness (QED) is 0.917. The van der Waals surface area contributed by atoms with E-state index in [4.69, 9.17) is 5.73 Å². The van der Waals surface area contributed by atoms with Gasteiger partial charge in [-0.25, -0.2) is 0 Å². The Labute approximate surface area is 113 Å². The minimum Gasteiger partial charge on any atom is -0.368 e. The zero-order chi connectivity index (χ0) is 14.2. The number of carbonyl (C=O) groups is 1. The molecule has 4 heteroatoms. The van der Waals surface area contributed by atoms with Gasteiger partial charge in [-0.3, -0.25) is 9.48 Å². The van der Waals surface area contributed by atoms with Crippen LogP contribution in [0.25, 0.3) is 11.3 Å². The van der Waals surface area contributed by atoms with Crippen LogP contribution >= 0.6 is 0 Å². The fraction of sp³-hybridized carbons (Fsp3) is 0.333. The van der Waals surface area contributed by atoms with E-state index in [1.807, 2.05) is 44.2 Å². The van der Waals surface area contributed by atoms with Gasteiger partial charge in [0.05, 0.1) is 5.69 Å². The zero-order valence-electron chi connectivity index (χ0n) is 11.8. The summed E-state index contributed by atoms with van der Waals surface area (Å²) < 4.78 is 1.72. The van der Waals surface area contributed by atoms with Crippen LogP contribution in [0.1, 0.15) is 25.1 Å². The molecular weight excluding hydrogens is 238 g/mol. The minimum atomic E-state index is -0.831. The van der Waals surface area contributed by atoms with Gasteiger partial charge in [0.2, 0.25) is 5.91 Å². The summed E-state index contributed by atoms with van der Waals surface area (Å²) in [6.45, 7) is 7.53. The Hall–Kier alpha value is -2.10. The van der Waals surface area contributed by atoms with E-state index in [1.54, 1.807) is 18.5 Å². The van der Waals surface area contributed by atoms with Gasteiger partial charge in [0.15, 0.2) is 0 Å². The maximum absolute atomic E-state index is 11.6. The van der Waals surface area contributed by atoms with E-state index in [-0.39, 0.29) is 0 Å². The summed E-state index contributed by atoms with van der Waals surface area (Å²) in [7, 11) is 0. The van der Waals surface area contributed by atoms with Crippen LogP contribution in [0.3, 0.4) is 0 Å². The standard InChI is InChI=1S/C15H19N3O/c1-10-11(2)18(15(3,4)14(16)19)17-13(10)12-8-6-5-7-9-12/h5-9H,1-4H3,(H2,16,19). The third-order valence-corrected chi connectivity index (χ3v) is 3.60. The molecule has 0 unspecified atom stereocenters. The Morgan fingerprint density at radius 3 is 2.32 bits per heavy atom. The lowest BCUT2D eigenvalue weighted by atomic mass is 10.0. The number of nitrogens with zero attached hydrogens (tertiary/aromatic N) is 2. The first-order valence-corrected chi connectivity index (χ1v) is 6.27. The van der Waals surface area contributed by atoms with Crippen molar-refractivity contribution in [2.24, 2.45) is 5.73 Å². The first kappa shape index (κ1) is 13.3. The summed E-state index contributed by atoms with van der Waals surface area (Å²) >= 11 is 0. The number of primary amides is 1. The number of carbonyl (C=O) groups excluding carboxylic acids is 1. The summed E-state index contributed by atoms with van der Waals surface area (Å²) in [5.41, 5.74) is 8.61. The first-order valence-electron chi connectivity index (χ1n) is 6.27. The van der Waals surface area contributed by atoms with Crippen molar-refractivity contribution in [1.29, 1.82) is 0 Å². The Morgan fingerprint density at radius 1 is 1.21 bits per heavy atom. The predicted octanol–water partition coefficient (Wildman–Crippen LogP) is 2.39. The summed E-state index contributed by atoms with van der Waals surface area (Å²) in [6.07, 6.45) is 0. The van der Waals surface area contributed by atoms with E-state index < -0.39 is 11.4 Å². The second kappa shape index (κ2) is 4.53. The number of hydrogen-bond donors (Lipinski definition) is 1. The van der Waals surface area contributed by atoms with E-state index in [1.165, 1.54) is 0 Å². The van der Waals surface area contributed by atoms with Crippen LogP contribution < -0.4 is 5.73 Å². The van der Waals surface area contributed by atoms with Gasteiger partial charge in [0.1, 0.15) is 5.54 Å². The number of rotatable bonds is 3. The smallest absolute Gasteiger partial charge is 0.244 e. The maximum atomic E-state index is 11.6. The largest absolute Gasteiger partial charge is 0.368 e. The van der Waals surface area contributed by atoms with Crippen molar-refractivity contribution in [2.75, 3.05) is 0 Å². The molecule has 0 aliphatic carbocycles. The second-order valence-electron chi connectivity index (χ2n) is 5.26. The van der Waals surface area contributed by atoms with E-state index in [2.05, 4.69) is 5.10 Å². The average Bonchev–Trinajstić information content (AvgIpc) is 2.68. The predicted molar refractivity (Wildman–Crippen MR) is 75.7 cm³/mol.